The van der Waals surface area contributed by atoms with Crippen LogP contribution in [-0.2, 0) is 32.9 Å². The van der Waals surface area contributed by atoms with Gasteiger partial charge < -0.3 is 4.90 Å². The van der Waals surface area contributed by atoms with Crippen molar-refractivity contribution in [3.8, 4) is 0 Å². The van der Waals surface area contributed by atoms with Crippen molar-refractivity contribution in [2.75, 3.05) is 20.1 Å². The summed E-state index contributed by atoms with van der Waals surface area (Å²) in [6.45, 7) is 4.34. The number of fused-ring (bicyclic) bond motifs is 1. The van der Waals surface area contributed by atoms with Crippen LogP contribution in [-0.4, -0.2) is 61.9 Å². The van der Waals surface area contributed by atoms with Crippen LogP contribution in [0.15, 0.2) is 30.5 Å². The Labute approximate surface area is 206 Å². The molecule has 1 unspecified atom stereocenters. The highest BCUT2D eigenvalue weighted by Gasteiger charge is 2.33. The number of rotatable bonds is 7. The van der Waals surface area contributed by atoms with E-state index in [0.29, 0.717) is 11.6 Å². The summed E-state index contributed by atoms with van der Waals surface area (Å²) < 4.78 is 15.4. The Hall–Kier alpha value is -3.00. The lowest BCUT2D eigenvalue weighted by atomic mass is 9.84. The van der Waals surface area contributed by atoms with Crippen LogP contribution in [0.3, 0.4) is 0 Å². The van der Waals surface area contributed by atoms with Crippen LogP contribution in [0.1, 0.15) is 57.8 Å². The van der Waals surface area contributed by atoms with Crippen molar-refractivity contribution >= 4 is 5.91 Å². The van der Waals surface area contributed by atoms with E-state index >= 15 is 0 Å². The van der Waals surface area contributed by atoms with Gasteiger partial charge in [0.1, 0.15) is 5.82 Å². The Bertz CT molecular complexity index is 1180. The Kier molecular flexibility index (Phi) is 6.73. The number of amides is 1. The molecule has 1 N–H and O–H groups in total. The Morgan fingerprint density at radius 3 is 2.66 bits per heavy atom. The van der Waals surface area contributed by atoms with Crippen molar-refractivity contribution in [1.29, 1.82) is 0 Å². The molecule has 1 fully saturated rings. The minimum Gasteiger partial charge on any atom is -0.337 e. The summed E-state index contributed by atoms with van der Waals surface area (Å²) in [5.41, 5.74) is 6.29. The fourth-order valence-electron chi connectivity index (χ4n) is 5.87. The van der Waals surface area contributed by atoms with Crippen LogP contribution in [0.5, 0.6) is 0 Å². The van der Waals surface area contributed by atoms with Crippen LogP contribution < -0.4 is 0 Å². The largest absolute Gasteiger partial charge is 0.337 e. The molecule has 7 nitrogen and oxygen atoms in total. The second kappa shape index (κ2) is 9.93. The number of aromatic nitrogens is 4. The topological polar surface area (TPSA) is 70.1 Å². The molecule has 1 aromatic carbocycles. The van der Waals surface area contributed by atoms with Gasteiger partial charge in [0, 0.05) is 55.7 Å². The van der Waals surface area contributed by atoms with E-state index in [1.807, 2.05) is 35.7 Å². The Morgan fingerprint density at radius 1 is 1.23 bits per heavy atom. The fourth-order valence-corrected chi connectivity index (χ4v) is 5.87. The average Bonchev–Trinajstić information content (AvgIpc) is 3.54. The Morgan fingerprint density at radius 2 is 1.97 bits per heavy atom. The molecule has 3 aromatic rings. The molecule has 1 saturated heterocycles. The summed E-state index contributed by atoms with van der Waals surface area (Å²) in [4.78, 5) is 17.6. The van der Waals surface area contributed by atoms with Gasteiger partial charge in [0.05, 0.1) is 5.69 Å². The smallest absolute Gasteiger partial charge is 0.274 e. The first kappa shape index (κ1) is 23.7. The minimum absolute atomic E-state index is 0.0669. The number of carbonyl (C=O) groups is 1. The quantitative estimate of drug-likeness (QED) is 0.563. The van der Waals surface area contributed by atoms with Gasteiger partial charge in [0.2, 0.25) is 0 Å². The molecule has 0 bridgehead atoms. The SMILES string of the molecule is Cc1nn(C)cc1CN(C)C(Cc1ccc(F)cc1)C1CCN(C(=O)c2n[nH]c3c2CCC3)CC1. The molecule has 35 heavy (non-hydrogen) atoms. The fraction of sp³-hybridized carbons (Fsp3) is 0.519. The van der Waals surface area contributed by atoms with Gasteiger partial charge in [0.15, 0.2) is 5.69 Å². The zero-order valence-corrected chi connectivity index (χ0v) is 20.9. The van der Waals surface area contributed by atoms with Gasteiger partial charge in [-0.05, 0) is 76.1 Å². The summed E-state index contributed by atoms with van der Waals surface area (Å²) in [5.74, 6) is 0.301. The number of aryl methyl sites for hydroxylation is 3. The van der Waals surface area contributed by atoms with E-state index in [0.717, 1.165) is 80.7 Å². The summed E-state index contributed by atoms with van der Waals surface area (Å²) >= 11 is 0. The zero-order chi connectivity index (χ0) is 24.5. The first-order chi connectivity index (χ1) is 16.9. The number of carbonyl (C=O) groups excluding carboxylic acids is 1. The van der Waals surface area contributed by atoms with E-state index in [1.165, 1.54) is 5.56 Å². The third-order valence-corrected chi connectivity index (χ3v) is 7.84. The van der Waals surface area contributed by atoms with Crippen molar-refractivity contribution in [2.24, 2.45) is 13.0 Å². The standard InChI is InChI=1S/C27H35FN6O/c1-18-21(17-33(3)31-18)16-32(2)25(15-19-7-9-22(28)10-8-19)20-11-13-34(14-12-20)27(35)26-23-5-4-6-24(23)29-30-26/h7-10,17,20,25H,4-6,11-16H2,1-3H3,(H,29,30). The van der Waals surface area contributed by atoms with Gasteiger partial charge in [-0.15, -0.1) is 0 Å². The molecule has 1 aliphatic carbocycles. The van der Waals surface area contributed by atoms with E-state index < -0.39 is 0 Å². The van der Waals surface area contributed by atoms with E-state index in [4.69, 9.17) is 0 Å². The van der Waals surface area contributed by atoms with Gasteiger partial charge in [-0.3, -0.25) is 19.5 Å². The van der Waals surface area contributed by atoms with Crippen molar-refractivity contribution < 1.29 is 9.18 Å². The van der Waals surface area contributed by atoms with Crippen molar-refractivity contribution in [3.63, 3.8) is 0 Å². The highest BCUT2D eigenvalue weighted by molar-refractivity contribution is 5.94. The number of nitrogens with zero attached hydrogens (tertiary/aromatic N) is 5. The summed E-state index contributed by atoms with van der Waals surface area (Å²) in [5, 5.41) is 11.9. The maximum atomic E-state index is 13.5. The van der Waals surface area contributed by atoms with Gasteiger partial charge in [0.25, 0.3) is 5.91 Å². The maximum Gasteiger partial charge on any atom is 0.274 e. The highest BCUT2D eigenvalue weighted by atomic mass is 19.1. The first-order valence-electron chi connectivity index (χ1n) is 12.7. The lowest BCUT2D eigenvalue weighted by molar-refractivity contribution is 0.0596. The predicted octanol–water partition coefficient (Wildman–Crippen LogP) is 3.67. The van der Waals surface area contributed by atoms with Gasteiger partial charge >= 0.3 is 0 Å². The van der Waals surface area contributed by atoms with E-state index in [2.05, 4.69) is 33.4 Å². The number of hydrogen-bond donors (Lipinski definition) is 1. The molecular formula is C27H35FN6O. The van der Waals surface area contributed by atoms with Crippen LogP contribution in [0, 0.1) is 18.7 Å². The van der Waals surface area contributed by atoms with Crippen molar-refractivity contribution in [3.05, 3.63) is 70.1 Å². The molecule has 1 aliphatic heterocycles. The number of piperidine rings is 1. The highest BCUT2D eigenvalue weighted by Crippen LogP contribution is 2.30. The lowest BCUT2D eigenvalue weighted by Gasteiger charge is -2.40. The molecule has 1 atom stereocenters. The van der Waals surface area contributed by atoms with Gasteiger partial charge in [-0.25, -0.2) is 4.39 Å². The summed E-state index contributed by atoms with van der Waals surface area (Å²) in [6, 6.07) is 7.15. The number of benzene rings is 1. The number of aromatic amines is 1. The second-order valence-corrected chi connectivity index (χ2v) is 10.2. The number of H-pyrrole nitrogens is 1. The average molecular weight is 479 g/mol. The molecule has 5 rings (SSSR count). The molecule has 1 amide bonds. The van der Waals surface area contributed by atoms with E-state index in [9.17, 15) is 9.18 Å². The molecule has 2 aliphatic rings. The second-order valence-electron chi connectivity index (χ2n) is 10.2. The van der Waals surface area contributed by atoms with Crippen molar-refractivity contribution in [1.82, 2.24) is 29.8 Å². The maximum absolute atomic E-state index is 13.5. The number of halogens is 1. The molecule has 0 spiro atoms. The van der Waals surface area contributed by atoms with Crippen LogP contribution in [0.2, 0.25) is 0 Å². The first-order valence-corrected chi connectivity index (χ1v) is 12.7. The number of likely N-dealkylation sites (N-methyl/N-ethyl adjacent to an activating group) is 1. The molecule has 2 aromatic heterocycles. The summed E-state index contributed by atoms with van der Waals surface area (Å²) in [6.07, 6.45) is 7.86. The third kappa shape index (κ3) is 5.03. The monoisotopic (exact) mass is 478 g/mol. The molecule has 0 saturated carbocycles. The van der Waals surface area contributed by atoms with Crippen LogP contribution in [0.4, 0.5) is 4.39 Å². The van der Waals surface area contributed by atoms with Gasteiger partial charge in [-0.1, -0.05) is 12.1 Å². The van der Waals surface area contributed by atoms with Crippen LogP contribution in [0.25, 0.3) is 0 Å². The molecule has 0 radical (unpaired) electrons. The van der Waals surface area contributed by atoms with Crippen molar-refractivity contribution in [2.45, 2.75) is 58.0 Å². The summed E-state index contributed by atoms with van der Waals surface area (Å²) in [7, 11) is 4.12. The van der Waals surface area contributed by atoms with Gasteiger partial charge in [-0.2, -0.15) is 10.2 Å². The molecule has 8 heteroatoms. The van der Waals surface area contributed by atoms with E-state index in [-0.39, 0.29) is 17.8 Å². The normalized spacial score (nSPS) is 17.2. The van der Waals surface area contributed by atoms with E-state index in [1.54, 1.807) is 12.1 Å². The number of hydrogen-bond acceptors (Lipinski definition) is 4. The third-order valence-electron chi connectivity index (χ3n) is 7.84. The Balaban J connectivity index is 1.29. The zero-order valence-electron chi connectivity index (χ0n) is 20.9. The minimum atomic E-state index is -0.207. The predicted molar refractivity (Wildman–Crippen MR) is 133 cm³/mol. The molecule has 3 heterocycles. The number of nitrogens with one attached hydrogen (secondary N) is 1. The molecule has 186 valence electrons. The lowest BCUT2D eigenvalue weighted by Crippen LogP contribution is -2.46. The number of likely N-dealkylation sites (tertiary alicyclic amines) is 1. The van der Waals surface area contributed by atoms with Crippen LogP contribution >= 0.6 is 0 Å². The molecular weight excluding hydrogens is 443 g/mol.